The van der Waals surface area contributed by atoms with Crippen LogP contribution in [-0.2, 0) is 17.9 Å². The van der Waals surface area contributed by atoms with Crippen molar-refractivity contribution >= 4 is 5.95 Å². The average Bonchev–Trinajstić information content (AvgIpc) is 2.56. The number of ether oxygens (including phenoxy) is 1. The van der Waals surface area contributed by atoms with Crippen LogP contribution in [0.3, 0.4) is 0 Å². The monoisotopic (exact) mass is 314 g/mol. The molecule has 2 aromatic rings. The van der Waals surface area contributed by atoms with Crippen molar-refractivity contribution in [2.24, 2.45) is 0 Å². The molecule has 1 aliphatic heterocycles. The fourth-order valence-electron chi connectivity index (χ4n) is 2.82. The molecule has 122 valence electrons. The Morgan fingerprint density at radius 1 is 1.17 bits per heavy atom. The second kappa shape index (κ2) is 7.39. The van der Waals surface area contributed by atoms with Gasteiger partial charge >= 0.3 is 0 Å². The number of aromatic amines is 1. The highest BCUT2D eigenvalue weighted by molar-refractivity contribution is 5.31. The van der Waals surface area contributed by atoms with Crippen molar-refractivity contribution in [1.29, 1.82) is 0 Å². The van der Waals surface area contributed by atoms with Crippen LogP contribution in [-0.4, -0.2) is 48.2 Å². The number of nitrogens with zero attached hydrogens (tertiary/aromatic N) is 3. The molecule has 1 aromatic heterocycles. The zero-order chi connectivity index (χ0) is 16.1. The molecule has 0 radical (unpaired) electrons. The standard InChI is InChI=1S/C17H22N4O2/c1-23-13-15-11-16(22)19-17(18-15)21-9-7-20(8-10-21)12-14-5-3-2-4-6-14/h2-6,11H,7-10,12-13H2,1H3,(H,18,19,22). The van der Waals surface area contributed by atoms with Gasteiger partial charge in [-0.25, -0.2) is 4.98 Å². The Labute approximate surface area is 135 Å². The lowest BCUT2D eigenvalue weighted by molar-refractivity contribution is 0.181. The molecular formula is C17H22N4O2. The summed E-state index contributed by atoms with van der Waals surface area (Å²) in [6.07, 6.45) is 0. The van der Waals surface area contributed by atoms with Crippen LogP contribution >= 0.6 is 0 Å². The van der Waals surface area contributed by atoms with Crippen LogP contribution < -0.4 is 10.5 Å². The van der Waals surface area contributed by atoms with Gasteiger partial charge in [-0.2, -0.15) is 0 Å². The highest BCUT2D eigenvalue weighted by Gasteiger charge is 2.19. The molecule has 1 saturated heterocycles. The normalized spacial score (nSPS) is 15.8. The van der Waals surface area contributed by atoms with Crippen LogP contribution in [0, 0.1) is 0 Å². The molecule has 0 bridgehead atoms. The van der Waals surface area contributed by atoms with Crippen molar-refractivity contribution in [3.8, 4) is 0 Å². The number of methoxy groups -OCH3 is 1. The van der Waals surface area contributed by atoms with Crippen molar-refractivity contribution in [1.82, 2.24) is 14.9 Å². The summed E-state index contributed by atoms with van der Waals surface area (Å²) in [7, 11) is 1.60. The number of rotatable bonds is 5. The molecule has 0 saturated carbocycles. The van der Waals surface area contributed by atoms with Gasteiger partial charge in [-0.1, -0.05) is 30.3 Å². The van der Waals surface area contributed by atoms with Gasteiger partial charge in [0.05, 0.1) is 12.3 Å². The molecule has 0 atom stereocenters. The van der Waals surface area contributed by atoms with Crippen LogP contribution in [0.2, 0.25) is 0 Å². The van der Waals surface area contributed by atoms with Gasteiger partial charge in [-0.3, -0.25) is 14.7 Å². The van der Waals surface area contributed by atoms with Crippen LogP contribution in [0.25, 0.3) is 0 Å². The van der Waals surface area contributed by atoms with Gasteiger partial charge < -0.3 is 9.64 Å². The Morgan fingerprint density at radius 3 is 2.61 bits per heavy atom. The lowest BCUT2D eigenvalue weighted by Crippen LogP contribution is -2.47. The number of aromatic nitrogens is 2. The SMILES string of the molecule is COCc1cc(=O)[nH]c(N2CCN(Cc3ccccc3)CC2)n1. The highest BCUT2D eigenvalue weighted by atomic mass is 16.5. The van der Waals surface area contributed by atoms with E-state index in [4.69, 9.17) is 4.74 Å². The fraction of sp³-hybridized carbons (Fsp3) is 0.412. The average molecular weight is 314 g/mol. The van der Waals surface area contributed by atoms with E-state index in [1.165, 1.54) is 11.6 Å². The van der Waals surface area contributed by atoms with Crippen molar-refractivity contribution in [3.05, 3.63) is 58.0 Å². The third-order valence-corrected chi connectivity index (χ3v) is 4.00. The minimum absolute atomic E-state index is 0.131. The Morgan fingerprint density at radius 2 is 1.91 bits per heavy atom. The van der Waals surface area contributed by atoms with E-state index in [2.05, 4.69) is 44.0 Å². The van der Waals surface area contributed by atoms with Gasteiger partial charge in [0.1, 0.15) is 0 Å². The summed E-state index contributed by atoms with van der Waals surface area (Å²) in [6, 6.07) is 12.0. The van der Waals surface area contributed by atoms with E-state index < -0.39 is 0 Å². The number of hydrogen-bond donors (Lipinski definition) is 1. The number of piperazine rings is 1. The Balaban J connectivity index is 1.61. The number of H-pyrrole nitrogens is 1. The van der Waals surface area contributed by atoms with E-state index in [9.17, 15) is 4.79 Å². The summed E-state index contributed by atoms with van der Waals surface area (Å²) in [5, 5.41) is 0. The third kappa shape index (κ3) is 4.18. The maximum atomic E-state index is 11.7. The molecule has 0 aliphatic carbocycles. The summed E-state index contributed by atoms with van der Waals surface area (Å²) in [5.41, 5.74) is 1.86. The molecule has 0 unspecified atom stereocenters. The topological polar surface area (TPSA) is 61.5 Å². The largest absolute Gasteiger partial charge is 0.378 e. The molecule has 2 heterocycles. The van der Waals surface area contributed by atoms with Gasteiger partial charge in [0.15, 0.2) is 0 Å². The first-order valence-electron chi connectivity index (χ1n) is 7.85. The van der Waals surface area contributed by atoms with Gasteiger partial charge in [0, 0.05) is 45.9 Å². The van der Waals surface area contributed by atoms with E-state index >= 15 is 0 Å². The van der Waals surface area contributed by atoms with Crippen molar-refractivity contribution in [2.75, 3.05) is 38.2 Å². The molecule has 1 N–H and O–H groups in total. The summed E-state index contributed by atoms with van der Waals surface area (Å²) in [5.74, 6) is 0.643. The summed E-state index contributed by atoms with van der Waals surface area (Å²) >= 11 is 0. The Bertz CT molecular complexity index is 678. The summed E-state index contributed by atoms with van der Waals surface area (Å²) in [6.45, 7) is 4.92. The molecule has 0 spiro atoms. The second-order valence-electron chi connectivity index (χ2n) is 5.74. The number of hydrogen-bond acceptors (Lipinski definition) is 5. The van der Waals surface area contributed by atoms with Crippen molar-refractivity contribution in [2.45, 2.75) is 13.2 Å². The molecule has 1 fully saturated rings. The molecule has 3 rings (SSSR count). The fourth-order valence-corrected chi connectivity index (χ4v) is 2.82. The maximum Gasteiger partial charge on any atom is 0.252 e. The maximum absolute atomic E-state index is 11.7. The molecule has 6 heteroatoms. The zero-order valence-electron chi connectivity index (χ0n) is 13.4. The predicted molar refractivity (Wildman–Crippen MR) is 89.5 cm³/mol. The van der Waals surface area contributed by atoms with Gasteiger partial charge in [-0.05, 0) is 5.56 Å². The minimum Gasteiger partial charge on any atom is -0.378 e. The quantitative estimate of drug-likeness (QED) is 0.900. The van der Waals surface area contributed by atoms with Crippen molar-refractivity contribution < 1.29 is 4.74 Å². The van der Waals surface area contributed by atoms with Crippen LogP contribution in [0.1, 0.15) is 11.3 Å². The number of benzene rings is 1. The Hall–Kier alpha value is -2.18. The summed E-state index contributed by atoms with van der Waals surface area (Å²) < 4.78 is 5.07. The highest BCUT2D eigenvalue weighted by Crippen LogP contribution is 2.12. The number of nitrogens with one attached hydrogen (secondary N) is 1. The van der Waals surface area contributed by atoms with Gasteiger partial charge in [0.2, 0.25) is 5.95 Å². The van der Waals surface area contributed by atoms with Crippen LogP contribution in [0.15, 0.2) is 41.2 Å². The number of anilines is 1. The van der Waals surface area contributed by atoms with Crippen molar-refractivity contribution in [3.63, 3.8) is 0 Å². The van der Waals surface area contributed by atoms with E-state index in [0.717, 1.165) is 32.7 Å². The predicted octanol–water partition coefficient (Wildman–Crippen LogP) is 1.24. The molecular weight excluding hydrogens is 292 g/mol. The minimum atomic E-state index is -0.131. The zero-order valence-corrected chi connectivity index (χ0v) is 13.4. The first kappa shape index (κ1) is 15.7. The molecule has 1 aliphatic rings. The van der Waals surface area contributed by atoms with E-state index in [-0.39, 0.29) is 5.56 Å². The van der Waals surface area contributed by atoms with Crippen LogP contribution in [0.4, 0.5) is 5.95 Å². The van der Waals surface area contributed by atoms with Crippen LogP contribution in [0.5, 0.6) is 0 Å². The van der Waals surface area contributed by atoms with E-state index in [0.29, 0.717) is 18.2 Å². The first-order valence-corrected chi connectivity index (χ1v) is 7.85. The lowest BCUT2D eigenvalue weighted by Gasteiger charge is -2.35. The van der Waals surface area contributed by atoms with Gasteiger partial charge in [-0.15, -0.1) is 0 Å². The molecule has 23 heavy (non-hydrogen) atoms. The van der Waals surface area contributed by atoms with Gasteiger partial charge in [0.25, 0.3) is 5.56 Å². The summed E-state index contributed by atoms with van der Waals surface area (Å²) in [4.78, 5) is 23.6. The first-order chi connectivity index (χ1) is 11.2. The van der Waals surface area contributed by atoms with E-state index in [1.807, 2.05) is 6.07 Å². The smallest absolute Gasteiger partial charge is 0.252 e. The second-order valence-corrected chi connectivity index (χ2v) is 5.74. The molecule has 6 nitrogen and oxygen atoms in total. The molecule has 0 amide bonds. The lowest BCUT2D eigenvalue weighted by atomic mass is 10.2. The Kier molecular flexibility index (Phi) is 5.05. The van der Waals surface area contributed by atoms with E-state index in [1.54, 1.807) is 7.11 Å². The third-order valence-electron chi connectivity index (χ3n) is 4.00. The molecule has 1 aromatic carbocycles.